The van der Waals surface area contributed by atoms with E-state index < -0.39 is 0 Å². The van der Waals surface area contributed by atoms with Gasteiger partial charge in [0.25, 0.3) is 0 Å². The van der Waals surface area contributed by atoms with E-state index in [0.29, 0.717) is 25.3 Å². The fourth-order valence-corrected chi connectivity index (χ4v) is 1.70. The van der Waals surface area contributed by atoms with Gasteiger partial charge < -0.3 is 15.5 Å². The first kappa shape index (κ1) is 14.0. The molecule has 1 aliphatic rings. The maximum Gasteiger partial charge on any atom is 0.223 e. The average molecular weight is 241 g/mol. The summed E-state index contributed by atoms with van der Waals surface area (Å²) in [5, 5.41) is 6.01. The number of carbonyl (C=O) groups is 2. The van der Waals surface area contributed by atoms with Gasteiger partial charge in [0.2, 0.25) is 11.8 Å². The summed E-state index contributed by atoms with van der Waals surface area (Å²) in [5.41, 5.74) is 0. The van der Waals surface area contributed by atoms with E-state index >= 15 is 0 Å². The molecule has 0 aromatic carbocycles. The molecule has 1 rings (SSSR count). The second-order valence-corrected chi connectivity index (χ2v) is 4.83. The molecule has 0 radical (unpaired) electrons. The van der Waals surface area contributed by atoms with E-state index in [4.69, 9.17) is 0 Å². The summed E-state index contributed by atoms with van der Waals surface area (Å²) < 4.78 is 0. The minimum Gasteiger partial charge on any atom is -0.356 e. The molecular formula is C12H23N3O2. The molecule has 1 fully saturated rings. The van der Waals surface area contributed by atoms with Crippen molar-refractivity contribution in [2.75, 3.05) is 32.7 Å². The van der Waals surface area contributed by atoms with Gasteiger partial charge in [-0.15, -0.1) is 0 Å². The molecule has 1 saturated heterocycles. The summed E-state index contributed by atoms with van der Waals surface area (Å²) in [6, 6.07) is 0. The first-order chi connectivity index (χ1) is 8.09. The van der Waals surface area contributed by atoms with E-state index in [1.807, 2.05) is 18.7 Å². The fourth-order valence-electron chi connectivity index (χ4n) is 1.70. The van der Waals surface area contributed by atoms with Crippen molar-refractivity contribution in [1.82, 2.24) is 15.5 Å². The van der Waals surface area contributed by atoms with Gasteiger partial charge in [0.05, 0.1) is 0 Å². The second kappa shape index (κ2) is 7.27. The molecule has 0 spiro atoms. The smallest absolute Gasteiger partial charge is 0.223 e. The predicted molar refractivity (Wildman–Crippen MR) is 66.5 cm³/mol. The Labute approximate surface area is 103 Å². The van der Waals surface area contributed by atoms with Crippen molar-refractivity contribution in [1.29, 1.82) is 0 Å². The van der Waals surface area contributed by atoms with Gasteiger partial charge in [0.1, 0.15) is 0 Å². The number of nitrogens with zero attached hydrogens (tertiary/aromatic N) is 1. The van der Waals surface area contributed by atoms with Crippen LogP contribution in [0.25, 0.3) is 0 Å². The Morgan fingerprint density at radius 1 is 1.24 bits per heavy atom. The zero-order valence-electron chi connectivity index (χ0n) is 10.8. The molecule has 0 aromatic heterocycles. The summed E-state index contributed by atoms with van der Waals surface area (Å²) in [6.45, 7) is 7.99. The minimum absolute atomic E-state index is 0.0258. The molecule has 0 unspecified atom stereocenters. The van der Waals surface area contributed by atoms with Crippen molar-refractivity contribution in [3.05, 3.63) is 0 Å². The lowest BCUT2D eigenvalue weighted by Gasteiger charge is -2.27. The highest BCUT2D eigenvalue weighted by atomic mass is 16.2. The monoisotopic (exact) mass is 241 g/mol. The lowest BCUT2D eigenvalue weighted by Crippen LogP contribution is -2.46. The molecule has 2 amide bonds. The maximum absolute atomic E-state index is 11.8. The number of amides is 2. The lowest BCUT2D eigenvalue weighted by molar-refractivity contribution is -0.134. The number of piperazine rings is 1. The number of rotatable bonds is 5. The van der Waals surface area contributed by atoms with Gasteiger partial charge in [0.15, 0.2) is 0 Å². The minimum atomic E-state index is -0.0258. The zero-order valence-corrected chi connectivity index (χ0v) is 10.8. The van der Waals surface area contributed by atoms with E-state index in [-0.39, 0.29) is 11.8 Å². The molecular weight excluding hydrogens is 218 g/mol. The van der Waals surface area contributed by atoms with E-state index in [0.717, 1.165) is 26.2 Å². The molecule has 2 N–H and O–H groups in total. The summed E-state index contributed by atoms with van der Waals surface area (Å²) >= 11 is 0. The van der Waals surface area contributed by atoms with Gasteiger partial charge in [0, 0.05) is 45.6 Å². The molecule has 17 heavy (non-hydrogen) atoms. The first-order valence-electron chi connectivity index (χ1n) is 6.35. The third-order valence-electron chi connectivity index (χ3n) is 2.74. The van der Waals surface area contributed by atoms with E-state index in [9.17, 15) is 9.59 Å². The van der Waals surface area contributed by atoms with Crippen LogP contribution in [-0.4, -0.2) is 49.4 Å². The Morgan fingerprint density at radius 3 is 2.47 bits per heavy atom. The molecule has 0 bridgehead atoms. The van der Waals surface area contributed by atoms with E-state index in [1.54, 1.807) is 0 Å². The Hall–Kier alpha value is -1.10. The number of hydrogen-bond donors (Lipinski definition) is 2. The van der Waals surface area contributed by atoms with Crippen molar-refractivity contribution < 1.29 is 9.59 Å². The van der Waals surface area contributed by atoms with Crippen molar-refractivity contribution in [2.24, 2.45) is 5.92 Å². The molecule has 98 valence electrons. The molecule has 5 heteroatoms. The molecule has 0 saturated carbocycles. The molecule has 0 aliphatic carbocycles. The third-order valence-corrected chi connectivity index (χ3v) is 2.74. The summed E-state index contributed by atoms with van der Waals surface area (Å²) in [7, 11) is 0. The summed E-state index contributed by atoms with van der Waals surface area (Å²) in [4.78, 5) is 25.0. The van der Waals surface area contributed by atoms with Crippen molar-refractivity contribution >= 4 is 11.8 Å². The van der Waals surface area contributed by atoms with Crippen LogP contribution < -0.4 is 10.6 Å². The molecule has 1 heterocycles. The van der Waals surface area contributed by atoms with Gasteiger partial charge in [-0.3, -0.25) is 9.59 Å². The van der Waals surface area contributed by atoms with Gasteiger partial charge in [-0.05, 0) is 5.92 Å². The van der Waals surface area contributed by atoms with Crippen LogP contribution in [0.5, 0.6) is 0 Å². The van der Waals surface area contributed by atoms with Crippen molar-refractivity contribution in [3.63, 3.8) is 0 Å². The second-order valence-electron chi connectivity index (χ2n) is 4.83. The predicted octanol–water partition coefficient (Wildman–Crippen LogP) is -0.0294. The van der Waals surface area contributed by atoms with Crippen LogP contribution >= 0.6 is 0 Å². The molecule has 0 atom stereocenters. The van der Waals surface area contributed by atoms with Gasteiger partial charge >= 0.3 is 0 Å². The van der Waals surface area contributed by atoms with Crippen LogP contribution in [0.1, 0.15) is 26.7 Å². The van der Waals surface area contributed by atoms with Gasteiger partial charge in [-0.2, -0.15) is 0 Å². The van der Waals surface area contributed by atoms with E-state index in [2.05, 4.69) is 10.6 Å². The maximum atomic E-state index is 11.8. The van der Waals surface area contributed by atoms with Gasteiger partial charge in [-0.1, -0.05) is 13.8 Å². The standard InChI is InChI=1S/C12H23N3O2/c1-10(2)9-14-11(16)3-4-12(17)15-7-5-13-6-8-15/h10,13H,3-9H2,1-2H3,(H,14,16). The van der Waals surface area contributed by atoms with E-state index in [1.165, 1.54) is 0 Å². The highest BCUT2D eigenvalue weighted by Gasteiger charge is 2.16. The van der Waals surface area contributed by atoms with Crippen LogP contribution in [0.4, 0.5) is 0 Å². The van der Waals surface area contributed by atoms with Crippen molar-refractivity contribution in [3.8, 4) is 0 Å². The topological polar surface area (TPSA) is 61.4 Å². The molecule has 1 aliphatic heterocycles. The Bertz CT molecular complexity index is 260. The number of carbonyl (C=O) groups excluding carboxylic acids is 2. The summed E-state index contributed by atoms with van der Waals surface area (Å²) in [5.74, 6) is 0.510. The quantitative estimate of drug-likeness (QED) is 0.710. The zero-order chi connectivity index (χ0) is 12.7. The molecule has 0 aromatic rings. The van der Waals surface area contributed by atoms with Crippen LogP contribution in [0.15, 0.2) is 0 Å². The van der Waals surface area contributed by atoms with Crippen LogP contribution in [0.2, 0.25) is 0 Å². The number of hydrogen-bond acceptors (Lipinski definition) is 3. The van der Waals surface area contributed by atoms with Crippen LogP contribution in [0, 0.1) is 5.92 Å². The third kappa shape index (κ3) is 5.68. The van der Waals surface area contributed by atoms with Crippen LogP contribution in [0.3, 0.4) is 0 Å². The average Bonchev–Trinajstić information content (AvgIpc) is 2.34. The Morgan fingerprint density at radius 2 is 1.88 bits per heavy atom. The highest BCUT2D eigenvalue weighted by Crippen LogP contribution is 2.00. The van der Waals surface area contributed by atoms with Crippen LogP contribution in [-0.2, 0) is 9.59 Å². The van der Waals surface area contributed by atoms with Crippen molar-refractivity contribution in [2.45, 2.75) is 26.7 Å². The Kier molecular flexibility index (Phi) is 5.97. The molecule has 5 nitrogen and oxygen atoms in total. The Balaban J connectivity index is 2.16. The normalized spacial score (nSPS) is 16.1. The first-order valence-corrected chi connectivity index (χ1v) is 6.35. The lowest BCUT2D eigenvalue weighted by atomic mass is 10.2. The summed E-state index contributed by atoms with van der Waals surface area (Å²) in [6.07, 6.45) is 0.624. The highest BCUT2D eigenvalue weighted by molar-refractivity contribution is 5.83. The fraction of sp³-hybridized carbons (Fsp3) is 0.833. The number of nitrogens with one attached hydrogen (secondary N) is 2. The van der Waals surface area contributed by atoms with Gasteiger partial charge in [-0.25, -0.2) is 0 Å². The largest absolute Gasteiger partial charge is 0.356 e. The SMILES string of the molecule is CC(C)CNC(=O)CCC(=O)N1CCNCC1.